The van der Waals surface area contributed by atoms with E-state index in [1.165, 1.54) is 24.6 Å². The van der Waals surface area contributed by atoms with Crippen LogP contribution in [0.25, 0.3) is 21.7 Å². The first-order valence-electron chi connectivity index (χ1n) is 11.0. The standard InChI is InChI=1S/C23H24N4O5S2.CH3NO2/c1-15(28)26-22-27-20(21(33-22)18-9-11-19(12-10-18)34(2,31)32)17-7-5-16(6-8-17)4-3-13-24-14-25-23(29)30;2-1(3)4/h5-12,14H,3-4,13H2,1-2H3,(H,24,25)(H,29,30)(H,26,27,28);2H2,(H,3,4). The van der Waals surface area contributed by atoms with E-state index in [0.29, 0.717) is 17.4 Å². The van der Waals surface area contributed by atoms with Crippen molar-refractivity contribution in [1.82, 2.24) is 10.3 Å². The summed E-state index contributed by atoms with van der Waals surface area (Å²) in [7, 11) is -3.30. The number of carbonyl (C=O) groups excluding carboxylic acids is 1. The molecule has 2 aromatic carbocycles. The first kappa shape index (κ1) is 29.9. The van der Waals surface area contributed by atoms with E-state index in [-0.39, 0.29) is 10.8 Å². The first-order valence-corrected chi connectivity index (χ1v) is 13.7. The Morgan fingerprint density at radius 3 is 2.16 bits per heavy atom. The second-order valence-electron chi connectivity index (χ2n) is 7.80. The molecule has 0 bridgehead atoms. The molecule has 0 aliphatic rings. The van der Waals surface area contributed by atoms with Gasteiger partial charge >= 0.3 is 12.2 Å². The quantitative estimate of drug-likeness (QED) is 0.148. The molecule has 1 aromatic heterocycles. The van der Waals surface area contributed by atoms with Crippen LogP contribution in [0, 0.1) is 0 Å². The second-order valence-corrected chi connectivity index (χ2v) is 10.8. The van der Waals surface area contributed by atoms with Crippen LogP contribution in [0.1, 0.15) is 18.9 Å². The number of carbonyl (C=O) groups is 3. The number of benzene rings is 2. The van der Waals surface area contributed by atoms with E-state index in [9.17, 15) is 18.0 Å². The predicted octanol–water partition coefficient (Wildman–Crippen LogP) is 3.69. The normalized spacial score (nSPS) is 10.9. The lowest BCUT2D eigenvalue weighted by Gasteiger charge is -2.06. The Morgan fingerprint density at radius 1 is 1.05 bits per heavy atom. The van der Waals surface area contributed by atoms with Crippen molar-refractivity contribution < 1.29 is 33.0 Å². The van der Waals surface area contributed by atoms with Crippen molar-refractivity contribution >= 4 is 50.7 Å². The van der Waals surface area contributed by atoms with Crippen LogP contribution < -0.4 is 16.4 Å². The van der Waals surface area contributed by atoms with Gasteiger partial charge in [0, 0.05) is 25.3 Å². The van der Waals surface area contributed by atoms with Gasteiger partial charge in [-0.3, -0.25) is 15.1 Å². The van der Waals surface area contributed by atoms with Gasteiger partial charge in [-0.2, -0.15) is 0 Å². The fraction of sp³-hybridized carbons (Fsp3) is 0.208. The van der Waals surface area contributed by atoms with Gasteiger partial charge in [0.05, 0.1) is 21.8 Å². The van der Waals surface area contributed by atoms with Gasteiger partial charge in [-0.1, -0.05) is 47.7 Å². The number of carboxylic acid groups (broad SMARTS) is 2. The average Bonchev–Trinajstić information content (AvgIpc) is 3.23. The van der Waals surface area contributed by atoms with Crippen LogP contribution in [0.15, 0.2) is 58.4 Å². The Labute approximate surface area is 223 Å². The number of hydrogen-bond acceptors (Lipinski definition) is 8. The highest BCUT2D eigenvalue weighted by Gasteiger charge is 2.17. The van der Waals surface area contributed by atoms with Gasteiger partial charge in [0.15, 0.2) is 15.0 Å². The lowest BCUT2D eigenvalue weighted by molar-refractivity contribution is -0.114. The lowest BCUT2D eigenvalue weighted by Crippen LogP contribution is -2.18. The van der Waals surface area contributed by atoms with Gasteiger partial charge in [-0.25, -0.2) is 23.0 Å². The summed E-state index contributed by atoms with van der Waals surface area (Å²) < 4.78 is 23.6. The number of nitrogens with one attached hydrogen (secondary N) is 2. The third kappa shape index (κ3) is 9.99. The molecule has 3 rings (SSSR count). The van der Waals surface area contributed by atoms with E-state index in [0.717, 1.165) is 40.7 Å². The maximum Gasteiger partial charge on any atom is 0.409 e. The van der Waals surface area contributed by atoms with Crippen LogP contribution in [-0.4, -0.2) is 60.8 Å². The molecule has 0 unspecified atom stereocenters. The van der Waals surface area contributed by atoms with Crippen molar-refractivity contribution in [1.29, 1.82) is 0 Å². The highest BCUT2D eigenvalue weighted by molar-refractivity contribution is 7.90. The fourth-order valence-electron chi connectivity index (χ4n) is 3.14. The van der Waals surface area contributed by atoms with Crippen LogP contribution in [0.4, 0.5) is 14.7 Å². The van der Waals surface area contributed by atoms with Gasteiger partial charge in [0.25, 0.3) is 0 Å². The van der Waals surface area contributed by atoms with Crippen LogP contribution in [0.3, 0.4) is 0 Å². The minimum absolute atomic E-state index is 0.226. The summed E-state index contributed by atoms with van der Waals surface area (Å²) in [5.74, 6) is -0.226. The largest absolute Gasteiger partial charge is 0.465 e. The smallest absolute Gasteiger partial charge is 0.409 e. The highest BCUT2D eigenvalue weighted by atomic mass is 32.2. The molecular formula is C24H27N5O7S2. The van der Waals surface area contributed by atoms with Crippen molar-refractivity contribution in [3.8, 4) is 21.7 Å². The Kier molecular flexibility index (Phi) is 10.9. The van der Waals surface area contributed by atoms with Gasteiger partial charge in [0.1, 0.15) is 0 Å². The number of aliphatic imine (C=N–C) groups is 1. The lowest BCUT2D eigenvalue weighted by atomic mass is 10.0. The SMILES string of the molecule is CC(=O)Nc1nc(-c2ccc(CCCN=CNC(=O)O)cc2)c(-c2ccc(S(C)(=O)=O)cc2)s1.NC(=O)O. The molecule has 12 nitrogen and oxygen atoms in total. The van der Waals surface area contributed by atoms with Crippen LogP contribution in [-0.2, 0) is 21.1 Å². The summed E-state index contributed by atoms with van der Waals surface area (Å²) in [5, 5.41) is 20.9. The zero-order valence-electron chi connectivity index (χ0n) is 20.5. The molecule has 0 aliphatic carbocycles. The molecule has 38 heavy (non-hydrogen) atoms. The van der Waals surface area contributed by atoms with Crippen molar-refractivity contribution in [3.05, 3.63) is 54.1 Å². The summed E-state index contributed by atoms with van der Waals surface area (Å²) in [6, 6.07) is 14.5. The maximum absolute atomic E-state index is 11.8. The molecule has 0 atom stereocenters. The topological polar surface area (TPSA) is 201 Å². The Hall–Kier alpha value is -4.30. The number of hydrogen-bond donors (Lipinski definition) is 5. The maximum atomic E-state index is 11.8. The Bertz CT molecular complexity index is 1400. The fourth-order valence-corrected chi connectivity index (χ4v) is 4.81. The van der Waals surface area contributed by atoms with Gasteiger partial charge in [-0.05, 0) is 36.1 Å². The van der Waals surface area contributed by atoms with E-state index in [2.05, 4.69) is 26.3 Å². The number of thiazole rings is 1. The molecule has 1 heterocycles. The molecule has 0 spiro atoms. The first-order chi connectivity index (χ1) is 17.9. The van der Waals surface area contributed by atoms with Crippen molar-refractivity contribution in [3.63, 3.8) is 0 Å². The van der Waals surface area contributed by atoms with E-state index in [1.54, 1.807) is 24.3 Å². The summed E-state index contributed by atoms with van der Waals surface area (Å²) in [5.41, 5.74) is 7.48. The number of amides is 3. The third-order valence-electron chi connectivity index (χ3n) is 4.71. The molecular weight excluding hydrogens is 534 g/mol. The van der Waals surface area contributed by atoms with E-state index >= 15 is 0 Å². The molecule has 3 aromatic rings. The number of aryl methyl sites for hydroxylation is 1. The van der Waals surface area contributed by atoms with Crippen molar-refractivity contribution in [2.24, 2.45) is 10.7 Å². The zero-order valence-corrected chi connectivity index (χ0v) is 22.2. The van der Waals surface area contributed by atoms with E-state index in [4.69, 9.17) is 15.0 Å². The molecule has 0 saturated carbocycles. The molecule has 0 saturated heterocycles. The molecule has 0 aliphatic heterocycles. The number of nitrogens with zero attached hydrogens (tertiary/aromatic N) is 2. The molecule has 6 N–H and O–H groups in total. The van der Waals surface area contributed by atoms with Gasteiger partial charge < -0.3 is 21.3 Å². The van der Waals surface area contributed by atoms with Crippen molar-refractivity contribution in [2.75, 3.05) is 18.1 Å². The number of primary amides is 1. The minimum atomic E-state index is -3.30. The van der Waals surface area contributed by atoms with Crippen LogP contribution in [0.2, 0.25) is 0 Å². The van der Waals surface area contributed by atoms with E-state index in [1.807, 2.05) is 24.3 Å². The molecule has 3 amide bonds. The number of nitrogens with two attached hydrogens (primary N) is 1. The highest BCUT2D eigenvalue weighted by Crippen LogP contribution is 2.39. The molecule has 0 radical (unpaired) electrons. The van der Waals surface area contributed by atoms with Gasteiger partial charge in [0.2, 0.25) is 5.91 Å². The zero-order chi connectivity index (χ0) is 28.3. The third-order valence-corrected chi connectivity index (χ3v) is 6.86. The number of aromatic nitrogens is 1. The summed E-state index contributed by atoms with van der Waals surface area (Å²) in [6.07, 6.45) is 1.39. The summed E-state index contributed by atoms with van der Waals surface area (Å²) >= 11 is 1.32. The second kappa shape index (κ2) is 13.9. The number of anilines is 1. The number of rotatable bonds is 9. The Balaban J connectivity index is 0.00000118. The monoisotopic (exact) mass is 561 g/mol. The summed E-state index contributed by atoms with van der Waals surface area (Å²) in [4.78, 5) is 40.3. The Morgan fingerprint density at radius 2 is 1.63 bits per heavy atom. The van der Waals surface area contributed by atoms with Crippen LogP contribution in [0.5, 0.6) is 0 Å². The van der Waals surface area contributed by atoms with Crippen LogP contribution >= 0.6 is 11.3 Å². The minimum Gasteiger partial charge on any atom is -0.465 e. The number of sulfone groups is 1. The van der Waals surface area contributed by atoms with Gasteiger partial charge in [-0.15, -0.1) is 0 Å². The van der Waals surface area contributed by atoms with E-state index < -0.39 is 22.0 Å². The molecule has 202 valence electrons. The summed E-state index contributed by atoms with van der Waals surface area (Å²) in [6.45, 7) is 1.92. The van der Waals surface area contributed by atoms with Crippen molar-refractivity contribution in [2.45, 2.75) is 24.7 Å². The predicted molar refractivity (Wildman–Crippen MR) is 145 cm³/mol. The average molecular weight is 562 g/mol. The molecule has 0 fully saturated rings. The molecule has 14 heteroatoms.